The predicted molar refractivity (Wildman–Crippen MR) is 86.1 cm³/mol. The summed E-state index contributed by atoms with van der Waals surface area (Å²) in [5.74, 6) is 0.594. The number of anilines is 1. The Bertz CT molecular complexity index is 679. The fourth-order valence-electron chi connectivity index (χ4n) is 1.82. The molecule has 2 aromatic rings. The molecule has 110 valence electrons. The van der Waals surface area contributed by atoms with Gasteiger partial charge < -0.3 is 10.1 Å². The molecule has 5 nitrogen and oxygen atoms in total. The smallest absolute Gasteiger partial charge is 0.270 e. The van der Waals surface area contributed by atoms with Crippen LogP contribution in [0.4, 0.5) is 11.4 Å². The van der Waals surface area contributed by atoms with Gasteiger partial charge in [0.2, 0.25) is 0 Å². The van der Waals surface area contributed by atoms with E-state index in [0.717, 1.165) is 10.2 Å². The van der Waals surface area contributed by atoms with Gasteiger partial charge in [-0.2, -0.15) is 0 Å². The minimum Gasteiger partial charge on any atom is -0.496 e. The molecule has 0 aliphatic carbocycles. The predicted octanol–water partition coefficient (Wildman–Crippen LogP) is 4.63. The number of benzene rings is 2. The van der Waals surface area contributed by atoms with Crippen LogP contribution in [0.25, 0.3) is 0 Å². The van der Waals surface area contributed by atoms with E-state index in [1.165, 1.54) is 19.2 Å². The van der Waals surface area contributed by atoms with Crippen molar-refractivity contribution in [2.45, 2.75) is 6.54 Å². The van der Waals surface area contributed by atoms with Crippen LogP contribution in [0, 0.1) is 10.1 Å². The first-order valence-electron chi connectivity index (χ1n) is 6.01. The Balaban J connectivity index is 2.19. The first kappa shape index (κ1) is 15.6. The van der Waals surface area contributed by atoms with Gasteiger partial charge in [-0.15, -0.1) is 0 Å². The monoisotopic (exact) mass is 370 g/mol. The Labute approximate surface area is 135 Å². The molecular weight excluding hydrogens is 360 g/mol. The maximum Gasteiger partial charge on any atom is 0.270 e. The first-order valence-corrected chi connectivity index (χ1v) is 7.18. The summed E-state index contributed by atoms with van der Waals surface area (Å²) in [6, 6.07) is 9.96. The minimum absolute atomic E-state index is 0.0291. The first-order chi connectivity index (χ1) is 10.0. The molecule has 0 bridgehead atoms. The standard InChI is InChI=1S/C14H12BrClN2O3/c1-21-14-5-3-11(18(19)20)6-9(14)8-17-10-2-4-12(15)13(16)7-10/h2-7,17H,8H2,1H3. The van der Waals surface area contributed by atoms with E-state index >= 15 is 0 Å². The van der Waals surface area contributed by atoms with Gasteiger partial charge >= 0.3 is 0 Å². The van der Waals surface area contributed by atoms with Crippen LogP contribution >= 0.6 is 27.5 Å². The Morgan fingerprint density at radius 3 is 2.71 bits per heavy atom. The lowest BCUT2D eigenvalue weighted by atomic mass is 10.1. The molecule has 0 aliphatic rings. The van der Waals surface area contributed by atoms with Crippen LogP contribution in [0.2, 0.25) is 5.02 Å². The van der Waals surface area contributed by atoms with Crippen LogP contribution in [0.15, 0.2) is 40.9 Å². The van der Waals surface area contributed by atoms with E-state index in [-0.39, 0.29) is 5.69 Å². The normalized spacial score (nSPS) is 10.2. The van der Waals surface area contributed by atoms with Gasteiger partial charge in [-0.05, 0) is 40.2 Å². The maximum atomic E-state index is 10.8. The van der Waals surface area contributed by atoms with E-state index in [9.17, 15) is 10.1 Å². The van der Waals surface area contributed by atoms with Crippen molar-refractivity contribution in [1.82, 2.24) is 0 Å². The molecule has 0 unspecified atom stereocenters. The molecule has 0 amide bonds. The summed E-state index contributed by atoms with van der Waals surface area (Å²) in [6.45, 7) is 0.392. The lowest BCUT2D eigenvalue weighted by Gasteiger charge is -2.11. The van der Waals surface area contributed by atoms with Gasteiger partial charge in [-0.25, -0.2) is 0 Å². The van der Waals surface area contributed by atoms with Crippen molar-refractivity contribution < 1.29 is 9.66 Å². The van der Waals surface area contributed by atoms with E-state index < -0.39 is 4.92 Å². The van der Waals surface area contributed by atoms with E-state index in [0.29, 0.717) is 22.9 Å². The maximum absolute atomic E-state index is 10.8. The second-order valence-corrected chi connectivity index (χ2v) is 5.50. The summed E-state index contributed by atoms with van der Waals surface area (Å²) in [4.78, 5) is 10.4. The summed E-state index contributed by atoms with van der Waals surface area (Å²) in [6.07, 6.45) is 0. The van der Waals surface area contributed by atoms with Crippen molar-refractivity contribution in [2.75, 3.05) is 12.4 Å². The summed E-state index contributed by atoms with van der Waals surface area (Å²) in [5, 5.41) is 14.6. The molecule has 0 fully saturated rings. The molecule has 7 heteroatoms. The number of methoxy groups -OCH3 is 1. The summed E-state index contributed by atoms with van der Waals surface area (Å²) >= 11 is 9.34. The second-order valence-electron chi connectivity index (χ2n) is 4.24. The van der Waals surface area contributed by atoms with Crippen molar-refractivity contribution in [1.29, 1.82) is 0 Å². The van der Waals surface area contributed by atoms with Crippen molar-refractivity contribution in [3.05, 3.63) is 61.6 Å². The number of hydrogen-bond acceptors (Lipinski definition) is 4. The molecule has 1 N–H and O–H groups in total. The summed E-state index contributed by atoms with van der Waals surface area (Å²) < 4.78 is 6.02. The molecule has 0 spiro atoms. The summed E-state index contributed by atoms with van der Waals surface area (Å²) in [5.41, 5.74) is 1.55. The number of ether oxygens (including phenoxy) is 1. The number of nitro groups is 1. The molecule has 0 aliphatic heterocycles. The van der Waals surface area contributed by atoms with Crippen LogP contribution in [0.5, 0.6) is 5.75 Å². The second kappa shape index (κ2) is 6.78. The van der Waals surface area contributed by atoms with Crippen LogP contribution in [-0.2, 0) is 6.54 Å². The molecular formula is C14H12BrClN2O3. The Morgan fingerprint density at radius 2 is 2.10 bits per heavy atom. The zero-order valence-corrected chi connectivity index (χ0v) is 13.4. The third kappa shape index (κ3) is 3.86. The van der Waals surface area contributed by atoms with Crippen LogP contribution in [-0.4, -0.2) is 12.0 Å². The number of nitrogens with one attached hydrogen (secondary N) is 1. The molecule has 0 radical (unpaired) electrons. The van der Waals surface area contributed by atoms with Gasteiger partial charge in [0.25, 0.3) is 5.69 Å². The highest BCUT2D eigenvalue weighted by atomic mass is 79.9. The van der Waals surface area contributed by atoms with Crippen molar-refractivity contribution >= 4 is 38.9 Å². The fraction of sp³-hybridized carbons (Fsp3) is 0.143. The fourth-order valence-corrected chi connectivity index (χ4v) is 2.25. The molecule has 2 aromatic carbocycles. The third-order valence-electron chi connectivity index (χ3n) is 2.88. The number of halogens is 2. The van der Waals surface area contributed by atoms with Crippen LogP contribution in [0.3, 0.4) is 0 Å². The molecule has 0 saturated heterocycles. The quantitative estimate of drug-likeness (QED) is 0.614. The third-order valence-corrected chi connectivity index (χ3v) is 4.11. The Kier molecular flexibility index (Phi) is 5.03. The lowest BCUT2D eigenvalue weighted by molar-refractivity contribution is -0.384. The van der Waals surface area contributed by atoms with Gasteiger partial charge in [0.05, 0.1) is 17.1 Å². The van der Waals surface area contributed by atoms with Gasteiger partial charge in [0.15, 0.2) is 0 Å². The van der Waals surface area contributed by atoms with Crippen molar-refractivity contribution in [3.8, 4) is 5.75 Å². The lowest BCUT2D eigenvalue weighted by Crippen LogP contribution is -2.02. The average Bonchev–Trinajstić information content (AvgIpc) is 2.48. The summed E-state index contributed by atoms with van der Waals surface area (Å²) in [7, 11) is 1.53. The Morgan fingerprint density at radius 1 is 1.33 bits per heavy atom. The SMILES string of the molecule is COc1ccc([N+](=O)[O-])cc1CNc1ccc(Br)c(Cl)c1. The molecule has 2 rings (SSSR count). The zero-order chi connectivity index (χ0) is 15.4. The molecule has 0 heterocycles. The minimum atomic E-state index is -0.431. The highest BCUT2D eigenvalue weighted by Crippen LogP contribution is 2.28. The van der Waals surface area contributed by atoms with Gasteiger partial charge in [-0.1, -0.05) is 11.6 Å². The van der Waals surface area contributed by atoms with Gasteiger partial charge in [0.1, 0.15) is 5.75 Å². The van der Waals surface area contributed by atoms with E-state index in [1.807, 2.05) is 12.1 Å². The average molecular weight is 372 g/mol. The Hall–Kier alpha value is -1.79. The molecule has 21 heavy (non-hydrogen) atoms. The van der Waals surface area contributed by atoms with Crippen molar-refractivity contribution in [3.63, 3.8) is 0 Å². The number of hydrogen-bond donors (Lipinski definition) is 1. The van der Waals surface area contributed by atoms with Gasteiger partial charge in [-0.3, -0.25) is 10.1 Å². The largest absolute Gasteiger partial charge is 0.496 e. The van der Waals surface area contributed by atoms with E-state index in [2.05, 4.69) is 21.2 Å². The number of non-ortho nitro benzene ring substituents is 1. The van der Waals surface area contributed by atoms with Crippen LogP contribution < -0.4 is 10.1 Å². The van der Waals surface area contributed by atoms with Crippen LogP contribution in [0.1, 0.15) is 5.56 Å². The van der Waals surface area contributed by atoms with E-state index in [1.54, 1.807) is 12.1 Å². The topological polar surface area (TPSA) is 64.4 Å². The molecule has 0 saturated carbocycles. The van der Waals surface area contributed by atoms with Gasteiger partial charge in [0, 0.05) is 34.4 Å². The van der Waals surface area contributed by atoms with E-state index in [4.69, 9.17) is 16.3 Å². The molecule has 0 atom stereocenters. The zero-order valence-electron chi connectivity index (χ0n) is 11.1. The number of nitrogens with zero attached hydrogens (tertiary/aromatic N) is 1. The number of nitro benzene ring substituents is 1. The highest BCUT2D eigenvalue weighted by Gasteiger charge is 2.11. The molecule has 0 aromatic heterocycles. The number of rotatable bonds is 5. The highest BCUT2D eigenvalue weighted by molar-refractivity contribution is 9.10. The van der Waals surface area contributed by atoms with Crippen molar-refractivity contribution in [2.24, 2.45) is 0 Å².